The molecule has 98 valence electrons. The van der Waals surface area contributed by atoms with Crippen LogP contribution in [0.1, 0.15) is 18.4 Å². The van der Waals surface area contributed by atoms with Crippen molar-refractivity contribution in [3.8, 4) is 0 Å². The van der Waals surface area contributed by atoms with E-state index in [0.717, 1.165) is 31.6 Å². The van der Waals surface area contributed by atoms with Gasteiger partial charge in [-0.1, -0.05) is 0 Å². The van der Waals surface area contributed by atoms with Gasteiger partial charge in [0, 0.05) is 25.5 Å². The number of nitrogens with one attached hydrogen (secondary N) is 1. The van der Waals surface area contributed by atoms with Crippen molar-refractivity contribution in [1.82, 2.24) is 15.2 Å². The van der Waals surface area contributed by atoms with Gasteiger partial charge in [0.25, 0.3) is 0 Å². The molecule has 0 bridgehead atoms. The maximum Gasteiger partial charge on any atom is 0.227 e. The van der Waals surface area contributed by atoms with Crippen LogP contribution in [0, 0.1) is 5.92 Å². The summed E-state index contributed by atoms with van der Waals surface area (Å²) in [5.41, 5.74) is 1.05. The molecule has 0 aromatic carbocycles. The number of carbonyl (C=O) groups is 1. The Hall–Kier alpha value is -1.42. The number of nitrogens with zero attached hydrogens (tertiary/aromatic N) is 2. The fraction of sp³-hybridized carbons (Fsp3) is 0.571. The Labute approximate surface area is 108 Å². The minimum Gasteiger partial charge on any atom is -0.342 e. The number of pyridine rings is 1. The summed E-state index contributed by atoms with van der Waals surface area (Å²) < 4.78 is 0. The van der Waals surface area contributed by atoms with Crippen LogP contribution in [-0.2, 0) is 11.2 Å². The molecule has 2 heterocycles. The minimum absolute atomic E-state index is 0.238. The van der Waals surface area contributed by atoms with E-state index in [1.165, 1.54) is 6.42 Å². The zero-order valence-electron chi connectivity index (χ0n) is 10.9. The summed E-state index contributed by atoms with van der Waals surface area (Å²) in [4.78, 5) is 18.2. The van der Waals surface area contributed by atoms with Crippen LogP contribution in [-0.4, -0.2) is 42.5 Å². The van der Waals surface area contributed by atoms with E-state index in [1.54, 1.807) is 12.4 Å². The molecule has 1 saturated heterocycles. The lowest BCUT2D eigenvalue weighted by Gasteiger charge is -2.32. The fourth-order valence-corrected chi connectivity index (χ4v) is 2.53. The molecule has 0 radical (unpaired) electrons. The average molecular weight is 247 g/mol. The number of carbonyl (C=O) groups excluding carboxylic acids is 1. The molecule has 1 amide bonds. The van der Waals surface area contributed by atoms with Crippen LogP contribution < -0.4 is 5.32 Å². The van der Waals surface area contributed by atoms with Gasteiger partial charge in [-0.15, -0.1) is 0 Å². The van der Waals surface area contributed by atoms with Crippen LogP contribution in [0.3, 0.4) is 0 Å². The van der Waals surface area contributed by atoms with Crippen LogP contribution in [0.15, 0.2) is 24.5 Å². The third kappa shape index (κ3) is 3.53. The molecular formula is C14H21N3O. The SMILES string of the molecule is CNCC1CCCN(C(=O)Cc2ccncc2)C1. The summed E-state index contributed by atoms with van der Waals surface area (Å²) in [6, 6.07) is 3.82. The first-order chi connectivity index (χ1) is 8.79. The van der Waals surface area contributed by atoms with Gasteiger partial charge in [-0.2, -0.15) is 0 Å². The van der Waals surface area contributed by atoms with Gasteiger partial charge in [-0.05, 0) is 50.0 Å². The fourth-order valence-electron chi connectivity index (χ4n) is 2.53. The summed E-state index contributed by atoms with van der Waals surface area (Å²) in [5, 5.41) is 3.20. The molecule has 1 unspecified atom stereocenters. The smallest absolute Gasteiger partial charge is 0.227 e. The van der Waals surface area contributed by atoms with Gasteiger partial charge < -0.3 is 10.2 Å². The van der Waals surface area contributed by atoms with Gasteiger partial charge in [0.15, 0.2) is 0 Å². The first-order valence-corrected chi connectivity index (χ1v) is 6.61. The highest BCUT2D eigenvalue weighted by Gasteiger charge is 2.22. The molecule has 1 aromatic rings. The monoisotopic (exact) mass is 247 g/mol. The lowest BCUT2D eigenvalue weighted by molar-refractivity contribution is -0.132. The zero-order chi connectivity index (χ0) is 12.8. The molecule has 1 fully saturated rings. The van der Waals surface area contributed by atoms with E-state index in [1.807, 2.05) is 24.1 Å². The Kier molecular flexibility index (Phi) is 4.70. The Balaban J connectivity index is 1.88. The third-order valence-electron chi connectivity index (χ3n) is 3.47. The molecule has 0 saturated carbocycles. The number of hydrogen-bond acceptors (Lipinski definition) is 3. The molecule has 18 heavy (non-hydrogen) atoms. The van der Waals surface area contributed by atoms with Crippen molar-refractivity contribution >= 4 is 5.91 Å². The van der Waals surface area contributed by atoms with Gasteiger partial charge in [0.05, 0.1) is 6.42 Å². The first-order valence-electron chi connectivity index (χ1n) is 6.61. The number of piperidine rings is 1. The van der Waals surface area contributed by atoms with Crippen molar-refractivity contribution in [2.24, 2.45) is 5.92 Å². The maximum atomic E-state index is 12.2. The van der Waals surface area contributed by atoms with Gasteiger partial charge in [-0.3, -0.25) is 9.78 Å². The Morgan fingerprint density at radius 3 is 3.00 bits per heavy atom. The van der Waals surface area contributed by atoms with Crippen molar-refractivity contribution in [2.75, 3.05) is 26.7 Å². The molecular weight excluding hydrogens is 226 g/mol. The van der Waals surface area contributed by atoms with Crippen LogP contribution >= 0.6 is 0 Å². The minimum atomic E-state index is 0.238. The van der Waals surface area contributed by atoms with Crippen molar-refractivity contribution in [1.29, 1.82) is 0 Å². The third-order valence-corrected chi connectivity index (χ3v) is 3.47. The quantitative estimate of drug-likeness (QED) is 0.866. The average Bonchev–Trinajstić information content (AvgIpc) is 2.40. The van der Waals surface area contributed by atoms with Crippen LogP contribution in [0.2, 0.25) is 0 Å². The van der Waals surface area contributed by atoms with Gasteiger partial charge in [-0.25, -0.2) is 0 Å². The largest absolute Gasteiger partial charge is 0.342 e. The van der Waals surface area contributed by atoms with Crippen molar-refractivity contribution in [3.63, 3.8) is 0 Å². The van der Waals surface area contributed by atoms with E-state index < -0.39 is 0 Å². The number of rotatable bonds is 4. The molecule has 1 aliphatic rings. The highest BCUT2D eigenvalue weighted by molar-refractivity contribution is 5.78. The number of likely N-dealkylation sites (tertiary alicyclic amines) is 1. The molecule has 4 heteroatoms. The molecule has 2 rings (SSSR count). The van der Waals surface area contributed by atoms with Crippen molar-refractivity contribution in [3.05, 3.63) is 30.1 Å². The summed E-state index contributed by atoms with van der Waals surface area (Å²) in [5.74, 6) is 0.840. The second kappa shape index (κ2) is 6.50. The molecule has 1 atom stereocenters. The summed E-state index contributed by atoms with van der Waals surface area (Å²) in [6.07, 6.45) is 6.31. The highest BCUT2D eigenvalue weighted by Crippen LogP contribution is 2.16. The Bertz CT molecular complexity index is 378. The van der Waals surface area contributed by atoms with E-state index in [9.17, 15) is 4.79 Å². The van der Waals surface area contributed by atoms with Crippen molar-refractivity contribution < 1.29 is 4.79 Å². The van der Waals surface area contributed by atoms with E-state index in [2.05, 4.69) is 10.3 Å². The molecule has 1 aliphatic heterocycles. The molecule has 4 nitrogen and oxygen atoms in total. The zero-order valence-corrected chi connectivity index (χ0v) is 10.9. The second-order valence-corrected chi connectivity index (χ2v) is 4.94. The van der Waals surface area contributed by atoms with Crippen LogP contribution in [0.25, 0.3) is 0 Å². The van der Waals surface area contributed by atoms with Gasteiger partial charge in [0.1, 0.15) is 0 Å². The Morgan fingerprint density at radius 2 is 2.28 bits per heavy atom. The molecule has 1 N–H and O–H groups in total. The number of aromatic nitrogens is 1. The molecule has 0 spiro atoms. The predicted molar refractivity (Wildman–Crippen MR) is 71.2 cm³/mol. The lowest BCUT2D eigenvalue weighted by Crippen LogP contribution is -2.43. The summed E-state index contributed by atoms with van der Waals surface area (Å²) in [7, 11) is 1.97. The molecule has 1 aromatic heterocycles. The lowest BCUT2D eigenvalue weighted by atomic mass is 9.97. The first kappa shape index (κ1) is 13.0. The number of amides is 1. The predicted octanol–water partition coefficient (Wildman–Crippen LogP) is 1.08. The van der Waals surface area contributed by atoms with Gasteiger partial charge >= 0.3 is 0 Å². The highest BCUT2D eigenvalue weighted by atomic mass is 16.2. The molecule has 0 aliphatic carbocycles. The topological polar surface area (TPSA) is 45.2 Å². The normalized spacial score (nSPS) is 19.8. The number of hydrogen-bond donors (Lipinski definition) is 1. The van der Waals surface area contributed by atoms with Crippen molar-refractivity contribution in [2.45, 2.75) is 19.3 Å². The Morgan fingerprint density at radius 1 is 1.50 bits per heavy atom. The van der Waals surface area contributed by atoms with E-state index in [-0.39, 0.29) is 5.91 Å². The van der Waals surface area contributed by atoms with E-state index in [4.69, 9.17) is 0 Å². The maximum absolute atomic E-state index is 12.2. The van der Waals surface area contributed by atoms with Crippen LogP contribution in [0.5, 0.6) is 0 Å². The second-order valence-electron chi connectivity index (χ2n) is 4.94. The van der Waals surface area contributed by atoms with Gasteiger partial charge in [0.2, 0.25) is 5.91 Å². The summed E-state index contributed by atoms with van der Waals surface area (Å²) >= 11 is 0. The van der Waals surface area contributed by atoms with E-state index in [0.29, 0.717) is 12.3 Å². The standard InChI is InChI=1S/C14H21N3O/c1-15-10-13-3-2-8-17(11-13)14(18)9-12-4-6-16-7-5-12/h4-7,13,15H,2-3,8-11H2,1H3. The summed E-state index contributed by atoms with van der Waals surface area (Å²) in [6.45, 7) is 2.80. The van der Waals surface area contributed by atoms with Crippen LogP contribution in [0.4, 0.5) is 0 Å². The van der Waals surface area contributed by atoms with E-state index >= 15 is 0 Å².